The van der Waals surface area contributed by atoms with Crippen LogP contribution in [-0.2, 0) is 6.61 Å². The number of halogens is 2. The van der Waals surface area contributed by atoms with Crippen LogP contribution in [0, 0.1) is 6.92 Å². The normalized spacial score (nSPS) is 10.3. The van der Waals surface area contributed by atoms with Crippen molar-refractivity contribution in [1.29, 1.82) is 0 Å². The van der Waals surface area contributed by atoms with Crippen molar-refractivity contribution in [3.05, 3.63) is 62.6 Å². The Kier molecular flexibility index (Phi) is 5.02. The third kappa shape index (κ3) is 3.72. The van der Waals surface area contributed by atoms with E-state index in [0.717, 1.165) is 26.9 Å². The van der Waals surface area contributed by atoms with Crippen molar-refractivity contribution >= 4 is 44.7 Å². The standard InChI is InChI=1S/C15H13BrClNOS/c1-9-2-5-12(16)7-14(9)19-8-11-4-3-10(15(18)20)6-13(11)17/h2-7H,8H2,1H3,(H2,18,20). The molecule has 0 unspecified atom stereocenters. The Hall–Kier alpha value is -1.10. The molecule has 2 aromatic rings. The maximum absolute atomic E-state index is 6.21. The molecule has 0 heterocycles. The number of hydrogen-bond acceptors (Lipinski definition) is 2. The first kappa shape index (κ1) is 15.3. The van der Waals surface area contributed by atoms with Gasteiger partial charge in [0.05, 0.1) is 0 Å². The summed E-state index contributed by atoms with van der Waals surface area (Å²) in [5, 5.41) is 0.600. The van der Waals surface area contributed by atoms with E-state index in [2.05, 4.69) is 15.9 Å². The second-order valence-electron chi connectivity index (χ2n) is 4.37. The Bertz CT molecular complexity index is 660. The zero-order valence-electron chi connectivity index (χ0n) is 10.8. The predicted octanol–water partition coefficient (Wildman–Crippen LogP) is 4.62. The molecule has 2 N–H and O–H groups in total. The SMILES string of the molecule is Cc1ccc(Br)cc1OCc1ccc(C(N)=S)cc1Cl. The van der Waals surface area contributed by atoms with Crippen molar-refractivity contribution < 1.29 is 4.74 Å². The molecule has 0 fully saturated rings. The lowest BCUT2D eigenvalue weighted by Gasteiger charge is -2.11. The number of benzene rings is 2. The highest BCUT2D eigenvalue weighted by Gasteiger charge is 2.06. The van der Waals surface area contributed by atoms with Gasteiger partial charge in [0.15, 0.2) is 0 Å². The number of aryl methyl sites for hydroxylation is 1. The zero-order valence-corrected chi connectivity index (χ0v) is 14.0. The Labute approximate surface area is 137 Å². The van der Waals surface area contributed by atoms with Crippen molar-refractivity contribution in [2.24, 2.45) is 5.73 Å². The van der Waals surface area contributed by atoms with Crippen LogP contribution in [0.25, 0.3) is 0 Å². The fourth-order valence-electron chi connectivity index (χ4n) is 1.70. The van der Waals surface area contributed by atoms with Crippen LogP contribution in [0.2, 0.25) is 5.02 Å². The van der Waals surface area contributed by atoms with E-state index in [1.54, 1.807) is 6.07 Å². The summed E-state index contributed by atoms with van der Waals surface area (Å²) in [7, 11) is 0. The lowest BCUT2D eigenvalue weighted by atomic mass is 10.1. The average molecular weight is 371 g/mol. The highest BCUT2D eigenvalue weighted by molar-refractivity contribution is 9.10. The Balaban J connectivity index is 2.15. The van der Waals surface area contributed by atoms with Gasteiger partial charge in [0.2, 0.25) is 0 Å². The van der Waals surface area contributed by atoms with E-state index in [-0.39, 0.29) is 0 Å². The molecule has 0 amide bonds. The minimum absolute atomic E-state index is 0.335. The molecule has 0 aliphatic carbocycles. The van der Waals surface area contributed by atoms with Crippen molar-refractivity contribution in [2.45, 2.75) is 13.5 Å². The first-order valence-corrected chi connectivity index (χ1v) is 7.52. The number of thiocarbonyl (C=S) groups is 1. The quantitative estimate of drug-likeness (QED) is 0.797. The summed E-state index contributed by atoms with van der Waals surface area (Å²) < 4.78 is 6.79. The van der Waals surface area contributed by atoms with Crippen molar-refractivity contribution in [2.75, 3.05) is 0 Å². The number of ether oxygens (including phenoxy) is 1. The molecule has 0 atom stereocenters. The number of hydrogen-bond donors (Lipinski definition) is 1. The van der Waals surface area contributed by atoms with Gasteiger partial charge >= 0.3 is 0 Å². The van der Waals surface area contributed by atoms with E-state index in [1.807, 2.05) is 37.3 Å². The Morgan fingerprint density at radius 2 is 2.05 bits per heavy atom. The molecule has 104 valence electrons. The van der Waals surface area contributed by atoms with Gasteiger partial charge in [-0.05, 0) is 30.7 Å². The van der Waals surface area contributed by atoms with Crippen LogP contribution in [0.15, 0.2) is 40.9 Å². The maximum Gasteiger partial charge on any atom is 0.123 e. The lowest BCUT2D eigenvalue weighted by molar-refractivity contribution is 0.304. The second-order valence-corrected chi connectivity index (χ2v) is 6.13. The molecule has 0 radical (unpaired) electrons. The van der Waals surface area contributed by atoms with Gasteiger partial charge in [-0.2, -0.15) is 0 Å². The van der Waals surface area contributed by atoms with Gasteiger partial charge < -0.3 is 10.5 Å². The van der Waals surface area contributed by atoms with E-state index in [0.29, 0.717) is 16.6 Å². The van der Waals surface area contributed by atoms with Gasteiger partial charge in [-0.3, -0.25) is 0 Å². The zero-order chi connectivity index (χ0) is 14.7. The van der Waals surface area contributed by atoms with Crippen LogP contribution in [0.1, 0.15) is 16.7 Å². The van der Waals surface area contributed by atoms with E-state index in [1.165, 1.54) is 0 Å². The fraction of sp³-hybridized carbons (Fsp3) is 0.133. The van der Waals surface area contributed by atoms with Crippen molar-refractivity contribution in [3.63, 3.8) is 0 Å². The Morgan fingerprint density at radius 3 is 2.70 bits per heavy atom. The van der Waals surface area contributed by atoms with Gasteiger partial charge in [0.25, 0.3) is 0 Å². The molecule has 0 saturated heterocycles. The van der Waals surface area contributed by atoms with Crippen LogP contribution >= 0.6 is 39.7 Å². The number of nitrogens with two attached hydrogens (primary N) is 1. The molecule has 2 rings (SSSR count). The third-order valence-corrected chi connectivity index (χ3v) is 3.95. The minimum Gasteiger partial charge on any atom is -0.489 e. The highest BCUT2D eigenvalue weighted by atomic mass is 79.9. The minimum atomic E-state index is 0.335. The van der Waals surface area contributed by atoms with Crippen molar-refractivity contribution in [1.82, 2.24) is 0 Å². The van der Waals surface area contributed by atoms with E-state index >= 15 is 0 Å². The summed E-state index contributed by atoms with van der Waals surface area (Å²) in [6.07, 6.45) is 0. The van der Waals surface area contributed by atoms with Gasteiger partial charge in [0, 0.05) is 20.6 Å². The van der Waals surface area contributed by atoms with Gasteiger partial charge in [0.1, 0.15) is 17.3 Å². The average Bonchev–Trinajstić information content (AvgIpc) is 2.40. The van der Waals surface area contributed by atoms with E-state index in [9.17, 15) is 0 Å². The van der Waals surface area contributed by atoms with Crippen LogP contribution in [0.3, 0.4) is 0 Å². The molecule has 2 nitrogen and oxygen atoms in total. The molecule has 0 aliphatic rings. The molecule has 0 saturated carbocycles. The van der Waals surface area contributed by atoms with Crippen molar-refractivity contribution in [3.8, 4) is 5.75 Å². The lowest BCUT2D eigenvalue weighted by Crippen LogP contribution is -2.09. The summed E-state index contributed by atoms with van der Waals surface area (Å²) in [4.78, 5) is 0.335. The van der Waals surface area contributed by atoms with Crippen LogP contribution in [0.4, 0.5) is 0 Å². The topological polar surface area (TPSA) is 35.2 Å². The molecule has 0 aromatic heterocycles. The molecular weight excluding hydrogens is 358 g/mol. The largest absolute Gasteiger partial charge is 0.489 e. The maximum atomic E-state index is 6.21. The van der Waals surface area contributed by atoms with E-state index in [4.69, 9.17) is 34.3 Å². The van der Waals surface area contributed by atoms with Gasteiger partial charge in [-0.15, -0.1) is 0 Å². The monoisotopic (exact) mass is 369 g/mol. The van der Waals surface area contributed by atoms with Gasteiger partial charge in [-0.1, -0.05) is 57.9 Å². The summed E-state index contributed by atoms with van der Waals surface area (Å²) in [6, 6.07) is 11.4. The molecule has 2 aromatic carbocycles. The second kappa shape index (κ2) is 6.57. The van der Waals surface area contributed by atoms with Crippen LogP contribution in [0.5, 0.6) is 5.75 Å². The van der Waals surface area contributed by atoms with E-state index < -0.39 is 0 Å². The predicted molar refractivity (Wildman–Crippen MR) is 90.6 cm³/mol. The molecule has 5 heteroatoms. The smallest absolute Gasteiger partial charge is 0.123 e. The molecular formula is C15H13BrClNOS. The Morgan fingerprint density at radius 1 is 1.30 bits per heavy atom. The molecule has 20 heavy (non-hydrogen) atoms. The van der Waals surface area contributed by atoms with Crippen LogP contribution in [-0.4, -0.2) is 4.99 Å². The summed E-state index contributed by atoms with van der Waals surface area (Å²) >= 11 is 14.6. The third-order valence-electron chi connectivity index (χ3n) is 2.87. The number of rotatable bonds is 4. The summed E-state index contributed by atoms with van der Waals surface area (Å²) in [6.45, 7) is 2.40. The van der Waals surface area contributed by atoms with Gasteiger partial charge in [-0.25, -0.2) is 0 Å². The first-order valence-electron chi connectivity index (χ1n) is 5.94. The molecule has 0 spiro atoms. The van der Waals surface area contributed by atoms with Crippen LogP contribution < -0.4 is 10.5 Å². The molecule has 0 aliphatic heterocycles. The first-order chi connectivity index (χ1) is 9.47. The summed E-state index contributed by atoms with van der Waals surface area (Å²) in [5.74, 6) is 0.828. The fourth-order valence-corrected chi connectivity index (χ4v) is 2.40. The molecule has 0 bridgehead atoms. The summed E-state index contributed by atoms with van der Waals surface area (Å²) in [5.41, 5.74) is 8.30. The highest BCUT2D eigenvalue weighted by Crippen LogP contribution is 2.25.